The standard InChI is InChI=1S/C21H24FN3O2/c22-15-9-7-12(8-10-15)19-24-21(27-25-19)18-14-6-5-13(11-14)17(18)20(26)23-16-3-1-2-4-16/h7-10,13-14,16-18H,1-6,11H2,(H,23,26)/t13-,14+,17-,18-/m0/s1. The number of aromatic nitrogens is 2. The van der Waals surface area contributed by atoms with Crippen molar-refractivity contribution in [2.24, 2.45) is 17.8 Å². The summed E-state index contributed by atoms with van der Waals surface area (Å²) in [4.78, 5) is 17.6. The molecule has 0 radical (unpaired) electrons. The summed E-state index contributed by atoms with van der Waals surface area (Å²) in [5.41, 5.74) is 0.724. The Balaban J connectivity index is 1.39. The first kappa shape index (κ1) is 16.9. The molecule has 5 rings (SSSR count). The molecule has 1 heterocycles. The molecule has 142 valence electrons. The van der Waals surface area contributed by atoms with Crippen LogP contribution in [0.1, 0.15) is 56.8 Å². The van der Waals surface area contributed by atoms with Gasteiger partial charge in [0.1, 0.15) is 5.82 Å². The van der Waals surface area contributed by atoms with Gasteiger partial charge in [0.25, 0.3) is 0 Å². The van der Waals surface area contributed by atoms with E-state index in [1.807, 2.05) is 0 Å². The predicted molar refractivity (Wildman–Crippen MR) is 97.2 cm³/mol. The van der Waals surface area contributed by atoms with E-state index < -0.39 is 0 Å². The van der Waals surface area contributed by atoms with Crippen molar-refractivity contribution in [3.63, 3.8) is 0 Å². The lowest BCUT2D eigenvalue weighted by atomic mass is 9.78. The van der Waals surface area contributed by atoms with Crippen molar-refractivity contribution >= 4 is 5.91 Å². The van der Waals surface area contributed by atoms with E-state index in [0.29, 0.717) is 29.6 Å². The summed E-state index contributed by atoms with van der Waals surface area (Å²) in [6.07, 6.45) is 7.89. The van der Waals surface area contributed by atoms with Gasteiger partial charge in [0.05, 0.1) is 11.8 Å². The van der Waals surface area contributed by atoms with Crippen LogP contribution < -0.4 is 5.32 Å². The Morgan fingerprint density at radius 3 is 2.59 bits per heavy atom. The molecule has 1 amide bonds. The minimum Gasteiger partial charge on any atom is -0.353 e. The maximum absolute atomic E-state index is 13.2. The second-order valence-corrected chi connectivity index (χ2v) is 8.34. The molecule has 0 saturated heterocycles. The van der Waals surface area contributed by atoms with E-state index >= 15 is 0 Å². The van der Waals surface area contributed by atoms with Gasteiger partial charge >= 0.3 is 0 Å². The van der Waals surface area contributed by atoms with Gasteiger partial charge in [0, 0.05) is 11.6 Å². The van der Waals surface area contributed by atoms with Crippen molar-refractivity contribution in [1.29, 1.82) is 0 Å². The predicted octanol–water partition coefficient (Wildman–Crippen LogP) is 4.06. The number of hydrogen-bond acceptors (Lipinski definition) is 4. The smallest absolute Gasteiger partial charge is 0.231 e. The second-order valence-electron chi connectivity index (χ2n) is 8.34. The van der Waals surface area contributed by atoms with Crippen LogP contribution in [0, 0.1) is 23.6 Å². The number of halogens is 1. The molecule has 4 atom stereocenters. The Kier molecular flexibility index (Phi) is 4.21. The Labute approximate surface area is 157 Å². The van der Waals surface area contributed by atoms with Crippen molar-refractivity contribution in [3.8, 4) is 11.4 Å². The third kappa shape index (κ3) is 3.05. The Morgan fingerprint density at radius 1 is 1.07 bits per heavy atom. The van der Waals surface area contributed by atoms with Gasteiger partial charge in [-0.3, -0.25) is 4.79 Å². The van der Waals surface area contributed by atoms with Crippen LogP contribution in [0.3, 0.4) is 0 Å². The number of fused-ring (bicyclic) bond motifs is 2. The SMILES string of the molecule is O=C(NC1CCCC1)[C@H]1[C@H]2CC[C@H](C2)[C@@H]1c1nc(-c2ccc(F)cc2)no1. The number of nitrogens with one attached hydrogen (secondary N) is 1. The van der Waals surface area contributed by atoms with Crippen LogP contribution in [0.4, 0.5) is 4.39 Å². The van der Waals surface area contributed by atoms with E-state index in [2.05, 4.69) is 15.5 Å². The van der Waals surface area contributed by atoms with Crippen LogP contribution in [-0.4, -0.2) is 22.1 Å². The monoisotopic (exact) mass is 369 g/mol. The maximum atomic E-state index is 13.2. The van der Waals surface area contributed by atoms with Crippen LogP contribution in [0.15, 0.2) is 28.8 Å². The molecule has 1 aromatic heterocycles. The average Bonchev–Trinajstić information content (AvgIpc) is 3.45. The van der Waals surface area contributed by atoms with Gasteiger partial charge in [0.2, 0.25) is 17.6 Å². The van der Waals surface area contributed by atoms with Crippen molar-refractivity contribution in [1.82, 2.24) is 15.5 Å². The van der Waals surface area contributed by atoms with E-state index in [4.69, 9.17) is 4.52 Å². The van der Waals surface area contributed by atoms with E-state index in [-0.39, 0.29) is 23.6 Å². The molecule has 0 aliphatic heterocycles. The lowest BCUT2D eigenvalue weighted by Gasteiger charge is -2.28. The highest BCUT2D eigenvalue weighted by atomic mass is 19.1. The maximum Gasteiger partial charge on any atom is 0.231 e. The highest BCUT2D eigenvalue weighted by Crippen LogP contribution is 2.56. The third-order valence-corrected chi connectivity index (χ3v) is 6.75. The fourth-order valence-electron chi connectivity index (χ4n) is 5.48. The van der Waals surface area contributed by atoms with Crippen LogP contribution in [-0.2, 0) is 4.79 Å². The van der Waals surface area contributed by atoms with Crippen LogP contribution >= 0.6 is 0 Å². The second kappa shape index (κ2) is 6.73. The molecule has 27 heavy (non-hydrogen) atoms. The van der Waals surface area contributed by atoms with Crippen molar-refractivity contribution < 1.29 is 13.7 Å². The van der Waals surface area contributed by atoms with Crippen LogP contribution in [0.25, 0.3) is 11.4 Å². The minimum absolute atomic E-state index is 0.00634. The summed E-state index contributed by atoms with van der Waals surface area (Å²) in [5, 5.41) is 7.38. The largest absolute Gasteiger partial charge is 0.353 e. The molecule has 3 saturated carbocycles. The number of benzene rings is 1. The van der Waals surface area contributed by atoms with Crippen molar-refractivity contribution in [2.75, 3.05) is 0 Å². The van der Waals surface area contributed by atoms with Crippen molar-refractivity contribution in [2.45, 2.75) is 56.9 Å². The van der Waals surface area contributed by atoms with Gasteiger partial charge < -0.3 is 9.84 Å². The molecule has 3 aliphatic rings. The summed E-state index contributed by atoms with van der Waals surface area (Å²) >= 11 is 0. The zero-order valence-corrected chi connectivity index (χ0v) is 15.2. The number of hydrogen-bond donors (Lipinski definition) is 1. The lowest BCUT2D eigenvalue weighted by Crippen LogP contribution is -2.41. The fourth-order valence-corrected chi connectivity index (χ4v) is 5.48. The minimum atomic E-state index is -0.292. The Bertz CT molecular complexity index is 828. The van der Waals surface area contributed by atoms with Crippen LogP contribution in [0.5, 0.6) is 0 Å². The van der Waals surface area contributed by atoms with E-state index in [1.165, 1.54) is 25.0 Å². The zero-order valence-electron chi connectivity index (χ0n) is 15.2. The highest BCUT2D eigenvalue weighted by Gasteiger charge is 2.53. The molecule has 6 heteroatoms. The summed E-state index contributed by atoms with van der Waals surface area (Å²) in [7, 11) is 0. The first-order valence-corrected chi connectivity index (χ1v) is 10.1. The average molecular weight is 369 g/mol. The van der Waals surface area contributed by atoms with Gasteiger partial charge in [-0.15, -0.1) is 0 Å². The fraction of sp³-hybridized carbons (Fsp3) is 0.571. The van der Waals surface area contributed by atoms with Gasteiger partial charge in [0.15, 0.2) is 0 Å². The molecule has 0 spiro atoms. The summed E-state index contributed by atoms with van der Waals surface area (Å²) in [5.74, 6) is 1.70. The molecular weight excluding hydrogens is 345 g/mol. The van der Waals surface area contributed by atoms with Gasteiger partial charge in [-0.1, -0.05) is 18.0 Å². The molecule has 2 bridgehead atoms. The lowest BCUT2D eigenvalue weighted by molar-refractivity contribution is -0.128. The quantitative estimate of drug-likeness (QED) is 0.882. The topological polar surface area (TPSA) is 68.0 Å². The van der Waals surface area contributed by atoms with Gasteiger partial charge in [-0.05, 0) is 68.2 Å². The summed E-state index contributed by atoms with van der Waals surface area (Å²) in [6.45, 7) is 0. The van der Waals surface area contributed by atoms with Crippen molar-refractivity contribution in [3.05, 3.63) is 36.0 Å². The number of nitrogens with zero attached hydrogens (tertiary/aromatic N) is 2. The highest BCUT2D eigenvalue weighted by molar-refractivity contribution is 5.81. The van der Waals surface area contributed by atoms with E-state index in [1.54, 1.807) is 12.1 Å². The number of carbonyl (C=O) groups excluding carboxylic acids is 1. The summed E-state index contributed by atoms with van der Waals surface area (Å²) < 4.78 is 18.8. The molecule has 2 aromatic rings. The zero-order chi connectivity index (χ0) is 18.4. The van der Waals surface area contributed by atoms with E-state index in [0.717, 1.165) is 37.7 Å². The molecule has 3 aliphatic carbocycles. The molecule has 5 nitrogen and oxygen atoms in total. The molecule has 0 unspecified atom stereocenters. The molecule has 1 N–H and O–H groups in total. The third-order valence-electron chi connectivity index (χ3n) is 6.75. The number of amides is 1. The Morgan fingerprint density at radius 2 is 1.81 bits per heavy atom. The molecule has 3 fully saturated rings. The van der Waals surface area contributed by atoms with Gasteiger partial charge in [-0.25, -0.2) is 4.39 Å². The summed E-state index contributed by atoms with van der Waals surface area (Å²) in [6, 6.07) is 6.40. The Hall–Kier alpha value is -2.24. The van der Waals surface area contributed by atoms with Gasteiger partial charge in [-0.2, -0.15) is 4.98 Å². The number of carbonyl (C=O) groups is 1. The number of rotatable bonds is 4. The first-order chi connectivity index (χ1) is 13.2. The van der Waals surface area contributed by atoms with E-state index in [9.17, 15) is 9.18 Å². The molecule has 1 aromatic carbocycles. The first-order valence-electron chi connectivity index (χ1n) is 10.1. The molecular formula is C21H24FN3O2. The normalized spacial score (nSPS) is 30.1. The van der Waals surface area contributed by atoms with Crippen LogP contribution in [0.2, 0.25) is 0 Å².